The second-order valence-corrected chi connectivity index (χ2v) is 9.58. The van der Waals surface area contributed by atoms with Crippen molar-refractivity contribution in [2.45, 2.75) is 13.8 Å². The molecule has 6 aromatic rings. The van der Waals surface area contributed by atoms with Gasteiger partial charge in [-0.2, -0.15) is 9.49 Å². The lowest BCUT2D eigenvalue weighted by atomic mass is 10.1. The molecule has 0 aromatic carbocycles. The van der Waals surface area contributed by atoms with Crippen LogP contribution in [0.25, 0.3) is 55.3 Å². The van der Waals surface area contributed by atoms with Crippen LogP contribution in [-0.4, -0.2) is 41.0 Å². The van der Waals surface area contributed by atoms with Gasteiger partial charge in [-0.3, -0.25) is 19.9 Å². The molecule has 0 fully saturated rings. The van der Waals surface area contributed by atoms with Gasteiger partial charge < -0.3 is 10.3 Å². The molecule has 9 nitrogen and oxygen atoms in total. The van der Waals surface area contributed by atoms with E-state index in [0.717, 1.165) is 32.9 Å². The molecular weight excluding hydrogens is 479 g/mol. The fourth-order valence-electron chi connectivity index (χ4n) is 3.84. The molecule has 0 aliphatic carbocycles. The van der Waals surface area contributed by atoms with Crippen molar-refractivity contribution in [2.24, 2.45) is 5.92 Å². The van der Waals surface area contributed by atoms with Gasteiger partial charge >= 0.3 is 0 Å². The number of amides is 1. The van der Waals surface area contributed by atoms with E-state index in [1.54, 1.807) is 30.9 Å². The first-order valence-electron chi connectivity index (χ1n) is 11.2. The Morgan fingerprint density at radius 1 is 1.00 bits per heavy atom. The topological polar surface area (TPSA) is 125 Å². The number of carbonyl (C=O) groups excluding carboxylic acids is 1. The van der Waals surface area contributed by atoms with E-state index < -0.39 is 0 Å². The minimum absolute atomic E-state index is 0.0847. The molecule has 0 aliphatic heterocycles. The third kappa shape index (κ3) is 3.89. The number of carbonyl (C=O) groups is 1. The van der Waals surface area contributed by atoms with E-state index in [9.17, 15) is 9.18 Å². The van der Waals surface area contributed by atoms with Crippen LogP contribution >= 0.6 is 11.3 Å². The molecule has 3 N–H and O–H groups in total. The summed E-state index contributed by atoms with van der Waals surface area (Å²) >= 11 is 1.04. The van der Waals surface area contributed by atoms with Gasteiger partial charge in [-0.15, -0.1) is 11.3 Å². The van der Waals surface area contributed by atoms with Gasteiger partial charge in [0.1, 0.15) is 11.0 Å². The average molecular weight is 499 g/mol. The van der Waals surface area contributed by atoms with E-state index in [1.165, 1.54) is 6.07 Å². The summed E-state index contributed by atoms with van der Waals surface area (Å²) in [6, 6.07) is 8.73. The summed E-state index contributed by atoms with van der Waals surface area (Å²) in [6.45, 7) is 3.66. The Labute approximate surface area is 207 Å². The first-order chi connectivity index (χ1) is 17.5. The summed E-state index contributed by atoms with van der Waals surface area (Å²) in [5, 5.41) is 10.0. The number of pyridine rings is 3. The molecule has 6 rings (SSSR count). The van der Waals surface area contributed by atoms with Gasteiger partial charge in [-0.05, 0) is 30.3 Å². The predicted octanol–water partition coefficient (Wildman–Crippen LogP) is 5.42. The summed E-state index contributed by atoms with van der Waals surface area (Å²) in [7, 11) is 0. The molecule has 0 spiro atoms. The van der Waals surface area contributed by atoms with E-state index in [-0.39, 0.29) is 17.0 Å². The molecule has 36 heavy (non-hydrogen) atoms. The van der Waals surface area contributed by atoms with Crippen molar-refractivity contribution in [2.75, 3.05) is 5.32 Å². The van der Waals surface area contributed by atoms with Crippen molar-refractivity contribution >= 4 is 45.0 Å². The Morgan fingerprint density at radius 2 is 1.86 bits per heavy atom. The normalized spacial score (nSPS) is 11.6. The van der Waals surface area contributed by atoms with Crippen molar-refractivity contribution in [1.82, 2.24) is 35.1 Å². The number of anilines is 1. The molecule has 0 radical (unpaired) electrons. The number of hydrogen-bond donors (Lipinski definition) is 3. The van der Waals surface area contributed by atoms with Crippen molar-refractivity contribution in [3.05, 3.63) is 60.3 Å². The fourth-order valence-corrected chi connectivity index (χ4v) is 4.59. The SMILES string of the molecule is CC(C)C(=O)Nc1cncc(-c2ccc3[nH]nc(-c4nc5c(-c6ccc(F)s6)cncc5[nH]4)c3n2)c1. The van der Waals surface area contributed by atoms with Crippen LogP contribution in [0.4, 0.5) is 10.1 Å². The number of halogens is 1. The number of hydrogen-bond acceptors (Lipinski definition) is 7. The van der Waals surface area contributed by atoms with Crippen molar-refractivity contribution in [3.8, 4) is 33.2 Å². The van der Waals surface area contributed by atoms with Gasteiger partial charge in [-0.25, -0.2) is 9.97 Å². The molecule has 0 atom stereocenters. The summed E-state index contributed by atoms with van der Waals surface area (Å²) in [5.74, 6) is 0.289. The molecule has 0 unspecified atom stereocenters. The lowest BCUT2D eigenvalue weighted by Crippen LogP contribution is -2.17. The van der Waals surface area contributed by atoms with E-state index in [1.807, 2.05) is 32.0 Å². The third-order valence-corrected chi connectivity index (χ3v) is 6.60. The molecule has 0 bridgehead atoms. The molecule has 178 valence electrons. The minimum Gasteiger partial charge on any atom is -0.335 e. The van der Waals surface area contributed by atoms with Crippen LogP contribution in [0.15, 0.2) is 55.1 Å². The molecule has 0 aliphatic rings. The second kappa shape index (κ2) is 8.61. The highest BCUT2D eigenvalue weighted by Gasteiger charge is 2.18. The van der Waals surface area contributed by atoms with Crippen molar-refractivity contribution in [3.63, 3.8) is 0 Å². The van der Waals surface area contributed by atoms with E-state index in [0.29, 0.717) is 39.4 Å². The zero-order chi connectivity index (χ0) is 24.8. The number of aromatic amines is 2. The van der Waals surface area contributed by atoms with Crippen LogP contribution in [-0.2, 0) is 4.79 Å². The Morgan fingerprint density at radius 3 is 2.67 bits per heavy atom. The van der Waals surface area contributed by atoms with E-state index in [4.69, 9.17) is 9.97 Å². The Bertz CT molecular complexity index is 1750. The van der Waals surface area contributed by atoms with Crippen LogP contribution in [0.5, 0.6) is 0 Å². The number of imidazole rings is 1. The number of nitrogens with one attached hydrogen (secondary N) is 3. The van der Waals surface area contributed by atoms with Gasteiger partial charge in [0.05, 0.1) is 34.8 Å². The average Bonchev–Trinajstić information content (AvgIpc) is 3.61. The Hall–Kier alpha value is -4.51. The van der Waals surface area contributed by atoms with E-state index in [2.05, 4.69) is 30.5 Å². The second-order valence-electron chi connectivity index (χ2n) is 8.54. The Balaban J connectivity index is 1.41. The number of nitrogens with zero attached hydrogens (tertiary/aromatic N) is 5. The first kappa shape index (κ1) is 22.0. The van der Waals surface area contributed by atoms with E-state index >= 15 is 0 Å². The lowest BCUT2D eigenvalue weighted by molar-refractivity contribution is -0.118. The van der Waals surface area contributed by atoms with Crippen LogP contribution in [0.3, 0.4) is 0 Å². The number of thiophene rings is 1. The Kier molecular flexibility index (Phi) is 5.26. The third-order valence-electron chi connectivity index (χ3n) is 5.69. The maximum absolute atomic E-state index is 13.6. The predicted molar refractivity (Wildman–Crippen MR) is 137 cm³/mol. The van der Waals surface area contributed by atoms with Gasteiger partial charge in [-0.1, -0.05) is 13.8 Å². The monoisotopic (exact) mass is 498 g/mol. The largest absolute Gasteiger partial charge is 0.335 e. The summed E-state index contributed by atoms with van der Waals surface area (Å²) in [5.41, 5.74) is 6.06. The molecule has 6 heterocycles. The molecule has 0 saturated carbocycles. The number of aromatic nitrogens is 7. The smallest absolute Gasteiger partial charge is 0.226 e. The maximum Gasteiger partial charge on any atom is 0.226 e. The summed E-state index contributed by atoms with van der Waals surface area (Å²) < 4.78 is 13.6. The van der Waals surface area contributed by atoms with Gasteiger partial charge in [0, 0.05) is 34.3 Å². The quantitative estimate of drug-likeness (QED) is 0.291. The molecule has 0 saturated heterocycles. The zero-order valence-electron chi connectivity index (χ0n) is 19.2. The summed E-state index contributed by atoms with van der Waals surface area (Å²) in [6.07, 6.45) is 6.65. The highest BCUT2D eigenvalue weighted by Crippen LogP contribution is 2.34. The lowest BCUT2D eigenvalue weighted by Gasteiger charge is -2.08. The van der Waals surface area contributed by atoms with Gasteiger partial charge in [0.25, 0.3) is 0 Å². The first-order valence-corrected chi connectivity index (χ1v) is 12.0. The van der Waals surface area contributed by atoms with Crippen molar-refractivity contribution < 1.29 is 9.18 Å². The standard InChI is InChI=1S/C25H19FN8OS/c1-12(2)25(35)29-14-7-13(8-27-9-14)16-3-4-17-22(30-16)23(34-33-17)24-31-18-11-28-10-15(21(18)32-24)19-5-6-20(26)36-19/h3-12H,1-2H3,(H,29,35)(H,31,32)(H,33,34). The molecular formula is C25H19FN8OS. The highest BCUT2D eigenvalue weighted by atomic mass is 32.1. The number of H-pyrrole nitrogens is 2. The molecule has 1 amide bonds. The maximum atomic E-state index is 13.6. The summed E-state index contributed by atoms with van der Waals surface area (Å²) in [4.78, 5) is 34.2. The van der Waals surface area contributed by atoms with Crippen LogP contribution in [0, 0.1) is 11.0 Å². The molecule has 6 aromatic heterocycles. The number of rotatable bonds is 5. The fraction of sp³-hybridized carbons (Fsp3) is 0.120. The molecule has 11 heteroatoms. The number of fused-ring (bicyclic) bond motifs is 2. The highest BCUT2D eigenvalue weighted by molar-refractivity contribution is 7.14. The van der Waals surface area contributed by atoms with Gasteiger partial charge in [0.2, 0.25) is 5.91 Å². The minimum atomic E-state index is -0.268. The van der Waals surface area contributed by atoms with Crippen LogP contribution < -0.4 is 5.32 Å². The van der Waals surface area contributed by atoms with Crippen LogP contribution in [0.2, 0.25) is 0 Å². The zero-order valence-corrected chi connectivity index (χ0v) is 20.0. The van der Waals surface area contributed by atoms with Crippen molar-refractivity contribution in [1.29, 1.82) is 0 Å². The van der Waals surface area contributed by atoms with Crippen LogP contribution in [0.1, 0.15) is 13.8 Å². The van der Waals surface area contributed by atoms with Gasteiger partial charge in [0.15, 0.2) is 16.6 Å².